The van der Waals surface area contributed by atoms with E-state index in [1.807, 2.05) is 19.1 Å². The van der Waals surface area contributed by atoms with Gasteiger partial charge in [-0.05, 0) is 31.0 Å². The monoisotopic (exact) mass is 323 g/mol. The van der Waals surface area contributed by atoms with Gasteiger partial charge in [0, 0.05) is 10.6 Å². The van der Waals surface area contributed by atoms with E-state index in [4.69, 9.17) is 9.84 Å². The van der Waals surface area contributed by atoms with Crippen molar-refractivity contribution in [1.29, 1.82) is 0 Å². The van der Waals surface area contributed by atoms with E-state index in [0.717, 1.165) is 32.8 Å². The second kappa shape index (κ2) is 7.47. The maximum atomic E-state index is 10.7. The van der Waals surface area contributed by atoms with Gasteiger partial charge in [-0.3, -0.25) is 4.79 Å². The van der Waals surface area contributed by atoms with E-state index in [9.17, 15) is 4.79 Å². The summed E-state index contributed by atoms with van der Waals surface area (Å²) in [6.07, 6.45) is 1.00. The largest absolute Gasteiger partial charge is 0.497 e. The molecule has 4 nitrogen and oxygen atoms in total. The Hall–Kier alpha value is -1.53. The molecule has 0 unspecified atom stereocenters. The fourth-order valence-corrected chi connectivity index (χ4v) is 4.10. The molecular weight excluding hydrogens is 306 g/mol. The number of carboxylic acid groups (broad SMARTS) is 1. The van der Waals surface area contributed by atoms with E-state index in [-0.39, 0.29) is 6.42 Å². The molecule has 1 aromatic heterocycles. The van der Waals surface area contributed by atoms with Gasteiger partial charge in [-0.2, -0.15) is 0 Å². The lowest BCUT2D eigenvalue weighted by atomic mass is 10.2. The van der Waals surface area contributed by atoms with Crippen molar-refractivity contribution < 1.29 is 14.6 Å². The molecule has 6 heteroatoms. The maximum Gasteiger partial charge on any atom is 0.308 e. The summed E-state index contributed by atoms with van der Waals surface area (Å²) in [5.41, 5.74) is 2.08. The first-order valence-electron chi connectivity index (χ1n) is 6.52. The summed E-state index contributed by atoms with van der Waals surface area (Å²) in [7, 11) is 1.66. The molecule has 2 aromatic rings. The number of thiazole rings is 1. The van der Waals surface area contributed by atoms with Gasteiger partial charge in [0.25, 0.3) is 0 Å². The summed E-state index contributed by atoms with van der Waals surface area (Å²) in [6, 6.07) is 8.03. The number of aromatic nitrogens is 1. The molecule has 0 spiro atoms. The third kappa shape index (κ3) is 4.75. The summed E-state index contributed by atoms with van der Waals surface area (Å²) < 4.78 is 6.07. The van der Waals surface area contributed by atoms with Crippen molar-refractivity contribution in [2.24, 2.45) is 0 Å². The maximum absolute atomic E-state index is 10.7. The van der Waals surface area contributed by atoms with Crippen molar-refractivity contribution in [3.63, 3.8) is 0 Å². The van der Waals surface area contributed by atoms with E-state index >= 15 is 0 Å². The molecule has 0 amide bonds. The first kappa shape index (κ1) is 15.9. The van der Waals surface area contributed by atoms with Crippen molar-refractivity contribution in [2.45, 2.75) is 24.1 Å². The van der Waals surface area contributed by atoms with Crippen LogP contribution in [0, 0.1) is 6.92 Å². The van der Waals surface area contributed by atoms with Crippen molar-refractivity contribution in [3.05, 3.63) is 40.4 Å². The van der Waals surface area contributed by atoms with Crippen molar-refractivity contribution in [3.8, 4) is 5.75 Å². The van der Waals surface area contributed by atoms with Gasteiger partial charge in [-0.1, -0.05) is 23.9 Å². The third-order valence-corrected chi connectivity index (χ3v) is 5.26. The Morgan fingerprint density at radius 2 is 2.10 bits per heavy atom. The van der Waals surface area contributed by atoms with Crippen LogP contribution in [0.4, 0.5) is 0 Å². The summed E-state index contributed by atoms with van der Waals surface area (Å²) in [5.74, 6) is 0.975. The molecule has 0 saturated carbocycles. The van der Waals surface area contributed by atoms with Crippen LogP contribution in [0.2, 0.25) is 0 Å². The number of carboxylic acids is 1. The van der Waals surface area contributed by atoms with Gasteiger partial charge in [0.2, 0.25) is 0 Å². The molecule has 1 heterocycles. The minimum atomic E-state index is -0.809. The van der Waals surface area contributed by atoms with Gasteiger partial charge in [0.15, 0.2) is 0 Å². The number of methoxy groups -OCH3 is 1. The predicted octanol–water partition coefficient (Wildman–Crippen LogP) is 3.42. The number of aryl methyl sites for hydroxylation is 2. The predicted molar refractivity (Wildman–Crippen MR) is 85.6 cm³/mol. The number of benzene rings is 1. The number of hydrogen-bond acceptors (Lipinski definition) is 5. The second-order valence-corrected chi connectivity index (χ2v) is 6.93. The molecule has 0 atom stereocenters. The van der Waals surface area contributed by atoms with Gasteiger partial charge in [-0.15, -0.1) is 11.3 Å². The van der Waals surface area contributed by atoms with Gasteiger partial charge in [0.05, 0.1) is 19.2 Å². The van der Waals surface area contributed by atoms with Crippen LogP contribution in [0.5, 0.6) is 5.75 Å². The van der Waals surface area contributed by atoms with Crippen LogP contribution in [-0.2, 0) is 17.6 Å². The topological polar surface area (TPSA) is 59.4 Å². The molecule has 0 saturated heterocycles. The first-order valence-corrected chi connectivity index (χ1v) is 8.32. The van der Waals surface area contributed by atoms with Gasteiger partial charge in [-0.25, -0.2) is 4.98 Å². The number of aliphatic carboxylic acids is 1. The molecule has 0 radical (unpaired) electrons. The highest BCUT2D eigenvalue weighted by molar-refractivity contribution is 8.01. The van der Waals surface area contributed by atoms with E-state index < -0.39 is 5.97 Å². The van der Waals surface area contributed by atoms with Gasteiger partial charge in [0.1, 0.15) is 10.1 Å². The molecule has 0 aliphatic carbocycles. The van der Waals surface area contributed by atoms with Crippen LogP contribution >= 0.6 is 23.1 Å². The standard InChI is InChI=1S/C15H17NO3S2/c1-10-13(9-14(17)18)21-15(16-10)20-8-7-11-3-5-12(19-2)6-4-11/h3-6H,7-9H2,1-2H3,(H,17,18). The zero-order valence-corrected chi connectivity index (χ0v) is 13.6. The number of carbonyl (C=O) groups is 1. The van der Waals surface area contributed by atoms with Crippen LogP contribution in [-0.4, -0.2) is 28.9 Å². The Morgan fingerprint density at radius 1 is 1.38 bits per heavy atom. The third-order valence-electron chi connectivity index (χ3n) is 2.96. The quantitative estimate of drug-likeness (QED) is 0.791. The molecule has 0 aliphatic rings. The number of thioether (sulfide) groups is 1. The average molecular weight is 323 g/mol. The highest BCUT2D eigenvalue weighted by Gasteiger charge is 2.11. The zero-order valence-electron chi connectivity index (χ0n) is 12.0. The van der Waals surface area contributed by atoms with Crippen LogP contribution in [0.3, 0.4) is 0 Å². The van der Waals surface area contributed by atoms with E-state index in [0.29, 0.717) is 0 Å². The van der Waals surface area contributed by atoms with Gasteiger partial charge >= 0.3 is 5.97 Å². The molecular formula is C15H17NO3S2. The molecule has 112 valence electrons. The first-order chi connectivity index (χ1) is 10.1. The molecule has 21 heavy (non-hydrogen) atoms. The molecule has 0 bridgehead atoms. The van der Waals surface area contributed by atoms with E-state index in [1.165, 1.54) is 16.9 Å². The number of ether oxygens (including phenoxy) is 1. The summed E-state index contributed by atoms with van der Waals surface area (Å²) in [5, 5.41) is 8.83. The lowest BCUT2D eigenvalue weighted by molar-refractivity contribution is -0.136. The fourth-order valence-electron chi connectivity index (χ4n) is 1.81. The normalized spacial score (nSPS) is 10.6. The lowest BCUT2D eigenvalue weighted by Crippen LogP contribution is -1.99. The Morgan fingerprint density at radius 3 is 2.71 bits per heavy atom. The van der Waals surface area contributed by atoms with Crippen LogP contribution in [0.25, 0.3) is 0 Å². The second-order valence-electron chi connectivity index (χ2n) is 4.51. The highest BCUT2D eigenvalue weighted by Crippen LogP contribution is 2.28. The van der Waals surface area contributed by atoms with Crippen LogP contribution < -0.4 is 4.74 Å². The van der Waals surface area contributed by atoms with Gasteiger partial charge < -0.3 is 9.84 Å². The molecule has 0 fully saturated rings. The Bertz CT molecular complexity index is 608. The summed E-state index contributed by atoms with van der Waals surface area (Å²) in [6.45, 7) is 1.86. The SMILES string of the molecule is COc1ccc(CCSc2nc(C)c(CC(=O)O)s2)cc1. The number of hydrogen-bond donors (Lipinski definition) is 1. The zero-order chi connectivity index (χ0) is 15.2. The summed E-state index contributed by atoms with van der Waals surface area (Å²) in [4.78, 5) is 16.0. The number of nitrogens with zero attached hydrogens (tertiary/aromatic N) is 1. The fraction of sp³-hybridized carbons (Fsp3) is 0.333. The lowest BCUT2D eigenvalue weighted by Gasteiger charge is -2.02. The van der Waals surface area contributed by atoms with Crippen LogP contribution in [0.1, 0.15) is 16.1 Å². The van der Waals surface area contributed by atoms with E-state index in [2.05, 4.69) is 17.1 Å². The van der Waals surface area contributed by atoms with E-state index in [1.54, 1.807) is 18.9 Å². The molecule has 1 N–H and O–H groups in total. The summed E-state index contributed by atoms with van der Waals surface area (Å²) >= 11 is 3.15. The Labute approximate surface area is 132 Å². The van der Waals surface area contributed by atoms with Crippen molar-refractivity contribution in [2.75, 3.05) is 12.9 Å². The molecule has 2 rings (SSSR count). The highest BCUT2D eigenvalue weighted by atomic mass is 32.2. The Kier molecular flexibility index (Phi) is 5.64. The smallest absolute Gasteiger partial charge is 0.308 e. The molecule has 0 aliphatic heterocycles. The Balaban J connectivity index is 1.86. The minimum Gasteiger partial charge on any atom is -0.497 e. The van der Waals surface area contributed by atoms with Crippen molar-refractivity contribution >= 4 is 29.1 Å². The average Bonchev–Trinajstić information content (AvgIpc) is 2.79. The minimum absolute atomic E-state index is 0.0581. The molecule has 1 aromatic carbocycles. The van der Waals surface area contributed by atoms with Crippen molar-refractivity contribution in [1.82, 2.24) is 4.98 Å². The number of rotatable bonds is 7. The van der Waals surface area contributed by atoms with Crippen LogP contribution in [0.15, 0.2) is 28.6 Å².